The molecule has 0 aromatic carbocycles. The van der Waals surface area contributed by atoms with Gasteiger partial charge < -0.3 is 5.48 Å². The van der Waals surface area contributed by atoms with E-state index in [-0.39, 0.29) is 54.4 Å². The van der Waals surface area contributed by atoms with E-state index in [1.54, 1.807) is 15.9 Å². The Hall–Kier alpha value is 1.85. The van der Waals surface area contributed by atoms with Crippen molar-refractivity contribution in [2.45, 2.75) is 0 Å². The van der Waals surface area contributed by atoms with E-state index in [0.29, 0.717) is 0 Å². The monoisotopic (exact) mass is 229 g/mol. The molecule has 0 aliphatic heterocycles. The van der Waals surface area contributed by atoms with Crippen LogP contribution in [-0.2, 0) is 19.8 Å². The molecule has 0 atom stereocenters. The van der Waals surface area contributed by atoms with E-state index in [4.69, 9.17) is 3.83 Å². The van der Waals surface area contributed by atoms with Crippen LogP contribution in [0.15, 0.2) is 0 Å². The quantitative estimate of drug-likeness (QED) is 0.448. The average Bonchev–Trinajstić information content (AvgIpc) is 1.00. The van der Waals surface area contributed by atoms with Crippen LogP contribution >= 0.6 is 0 Å². The fourth-order valence-corrected chi connectivity index (χ4v) is 0. The van der Waals surface area contributed by atoms with Crippen molar-refractivity contribution in [1.29, 1.82) is 0 Å². The van der Waals surface area contributed by atoms with Gasteiger partial charge in [-0.1, -0.05) is 0 Å². The Labute approximate surface area is 72.7 Å². The van der Waals surface area contributed by atoms with Gasteiger partial charge in [0.05, 0.1) is 0 Å². The van der Waals surface area contributed by atoms with Crippen LogP contribution in [0.5, 0.6) is 0 Å². The normalized spacial score (nSPS) is 1.00. The van der Waals surface area contributed by atoms with Crippen LogP contribution in [0.3, 0.4) is 0 Å². The summed E-state index contributed by atoms with van der Waals surface area (Å²) < 4.78 is 8.06. The molecular weight excluding hydrogens is 224 g/mol. The Morgan fingerprint density at radius 2 is 1.25 bits per heavy atom. The van der Waals surface area contributed by atoms with E-state index in [9.17, 15) is 0 Å². The number of rotatable bonds is 0. The van der Waals surface area contributed by atoms with Crippen LogP contribution in [0.1, 0.15) is 0 Å². The van der Waals surface area contributed by atoms with E-state index in [1.165, 1.54) is 0 Å². The topological polar surface area (TPSA) is 48.6 Å². The summed E-state index contributed by atoms with van der Waals surface area (Å²) in [6, 6.07) is 0. The first-order chi connectivity index (χ1) is 1.00. The molecule has 0 aliphatic carbocycles. The van der Waals surface area contributed by atoms with Crippen molar-refractivity contribution in [3.05, 3.63) is 0 Å². The van der Waals surface area contributed by atoms with Gasteiger partial charge in [-0.05, 0) is 0 Å². The van der Waals surface area contributed by atoms with Crippen molar-refractivity contribution in [3.8, 4) is 0 Å². The molecule has 0 rings (SSSR count). The van der Waals surface area contributed by atoms with Gasteiger partial charge in [-0.25, -0.2) is 0 Å². The maximum absolute atomic E-state index is 8.06. The van der Waals surface area contributed by atoms with Crippen LogP contribution in [-0.4, -0.2) is 54.4 Å². The Bertz CT molecular complexity index is 6.00. The molecule has 0 fully saturated rings. The first kappa shape index (κ1) is 16.9. The average molecular weight is 228 g/mol. The second kappa shape index (κ2) is 21.0. The van der Waals surface area contributed by atoms with Gasteiger partial charge in [0.1, 0.15) is 0 Å². The fourth-order valence-electron chi connectivity index (χ4n) is 0. The summed E-state index contributed by atoms with van der Waals surface area (Å²) in [5.74, 6) is 0. The summed E-state index contributed by atoms with van der Waals surface area (Å²) in [5, 5.41) is 0. The number of hydrogen-bond acceptors (Lipinski definition) is 1. The van der Waals surface area contributed by atoms with Crippen LogP contribution in [0.2, 0.25) is 0 Å². The Balaban J connectivity index is -0.00000000500. The van der Waals surface area contributed by atoms with Crippen LogP contribution in [0.4, 0.5) is 0 Å². The van der Waals surface area contributed by atoms with Gasteiger partial charge in [0.2, 0.25) is 0 Å². The summed E-state index contributed by atoms with van der Waals surface area (Å²) in [5.41, 5.74) is 0. The molecule has 0 saturated heterocycles. The molecule has 25 valence electrons. The standard InChI is InChI=1S/Ba.Mn.H2O.O.2H/h;;1H2;;;. The summed E-state index contributed by atoms with van der Waals surface area (Å²) in [7, 11) is 0. The molecule has 2 N–H and O–H groups in total. The van der Waals surface area contributed by atoms with E-state index in [2.05, 4.69) is 0 Å². The minimum atomic E-state index is 0. The van der Waals surface area contributed by atoms with Gasteiger partial charge >= 0.3 is 68.7 Å². The zero-order chi connectivity index (χ0) is 2.00. The first-order valence-corrected chi connectivity index (χ1v) is 0.636. The molecule has 0 aliphatic rings. The van der Waals surface area contributed by atoms with Crippen LogP contribution < -0.4 is 0 Å². The molecule has 0 amide bonds. The molecule has 0 aromatic rings. The van der Waals surface area contributed by atoms with E-state index >= 15 is 0 Å². The SMILES string of the molecule is O.[BaH2].[O]=[Mn]. The molecule has 0 saturated carbocycles. The zero-order valence-corrected chi connectivity index (χ0v) is 2.47. The minimum absolute atomic E-state index is 0. The molecule has 4 heteroatoms. The Morgan fingerprint density at radius 1 is 1.25 bits per heavy atom. The zero-order valence-electron chi connectivity index (χ0n) is 1.29. The predicted octanol–water partition coefficient (Wildman–Crippen LogP) is -1.86. The molecule has 0 spiro atoms. The van der Waals surface area contributed by atoms with Crippen LogP contribution in [0, 0.1) is 0 Å². The van der Waals surface area contributed by atoms with Crippen molar-refractivity contribution in [3.63, 3.8) is 0 Å². The summed E-state index contributed by atoms with van der Waals surface area (Å²) in [6.07, 6.45) is 0. The van der Waals surface area contributed by atoms with Crippen molar-refractivity contribution < 1.29 is 25.3 Å². The van der Waals surface area contributed by atoms with Crippen molar-refractivity contribution in [2.75, 3.05) is 0 Å². The third kappa shape index (κ3) is 9.14. The second-order valence-corrected chi connectivity index (χ2v) is 0. The van der Waals surface area contributed by atoms with Crippen LogP contribution in [0.25, 0.3) is 0 Å². The molecule has 0 aromatic heterocycles. The third-order valence-electron chi connectivity index (χ3n) is 0. The van der Waals surface area contributed by atoms with E-state index < -0.39 is 0 Å². The van der Waals surface area contributed by atoms with Gasteiger partial charge in [0.25, 0.3) is 0 Å². The van der Waals surface area contributed by atoms with Gasteiger partial charge in [-0.2, -0.15) is 0 Å². The molecule has 0 heterocycles. The summed E-state index contributed by atoms with van der Waals surface area (Å²) in [6.45, 7) is 0. The van der Waals surface area contributed by atoms with Gasteiger partial charge in [0, 0.05) is 0 Å². The predicted molar refractivity (Wildman–Crippen MR) is 12.8 cm³/mol. The van der Waals surface area contributed by atoms with Gasteiger partial charge in [-0.15, -0.1) is 0 Å². The van der Waals surface area contributed by atoms with Gasteiger partial charge in [0.15, 0.2) is 0 Å². The summed E-state index contributed by atoms with van der Waals surface area (Å²) in [4.78, 5) is 0. The fraction of sp³-hybridized carbons (Fsp3) is 0. The van der Waals surface area contributed by atoms with Crippen molar-refractivity contribution in [2.24, 2.45) is 0 Å². The Morgan fingerprint density at radius 3 is 1.25 bits per heavy atom. The number of hydrogen-bond donors (Lipinski definition) is 0. The molecule has 0 radical (unpaired) electrons. The Kier molecular flexibility index (Phi) is 88.9. The second-order valence-electron chi connectivity index (χ2n) is 0. The third-order valence-corrected chi connectivity index (χ3v) is 0. The molecular formula is H4BaMnO2. The first-order valence-electron chi connectivity index (χ1n) is 0.154. The molecule has 0 bridgehead atoms. The van der Waals surface area contributed by atoms with E-state index in [1.807, 2.05) is 0 Å². The van der Waals surface area contributed by atoms with Crippen molar-refractivity contribution >= 4 is 48.9 Å². The van der Waals surface area contributed by atoms with Crippen molar-refractivity contribution in [1.82, 2.24) is 0 Å². The molecule has 2 nitrogen and oxygen atoms in total. The van der Waals surface area contributed by atoms with Gasteiger partial charge in [-0.3, -0.25) is 0 Å². The maximum atomic E-state index is 8.06. The summed E-state index contributed by atoms with van der Waals surface area (Å²) >= 11 is 1.69. The molecule has 0 unspecified atom stereocenters. The van der Waals surface area contributed by atoms with E-state index in [0.717, 1.165) is 0 Å². The molecule has 4 heavy (non-hydrogen) atoms.